The summed E-state index contributed by atoms with van der Waals surface area (Å²) < 4.78 is 5.84. The van der Waals surface area contributed by atoms with Crippen LogP contribution < -0.4 is 5.32 Å². The van der Waals surface area contributed by atoms with Crippen LogP contribution in [-0.4, -0.2) is 25.3 Å². The van der Waals surface area contributed by atoms with Crippen molar-refractivity contribution < 1.29 is 4.74 Å². The fraction of sp³-hybridized carbons (Fsp3) is 1.00. The third-order valence-corrected chi connectivity index (χ3v) is 2.59. The lowest BCUT2D eigenvalue weighted by molar-refractivity contribution is 0.0232. The lowest BCUT2D eigenvalue weighted by Gasteiger charge is -2.29. The monoisotopic (exact) mass is 215 g/mol. The highest BCUT2D eigenvalue weighted by molar-refractivity contribution is 4.77. The van der Waals surface area contributed by atoms with Crippen molar-refractivity contribution in [2.24, 2.45) is 5.92 Å². The zero-order chi connectivity index (χ0) is 11.7. The molecular weight excluding hydrogens is 186 g/mol. The predicted octanol–water partition coefficient (Wildman–Crippen LogP) is 3.22. The van der Waals surface area contributed by atoms with Gasteiger partial charge in [0.25, 0.3) is 0 Å². The van der Waals surface area contributed by atoms with Crippen molar-refractivity contribution in [1.29, 1.82) is 0 Å². The summed E-state index contributed by atoms with van der Waals surface area (Å²) in [5.41, 5.74) is 0. The number of nitrogens with one attached hydrogen (secondary N) is 1. The van der Waals surface area contributed by atoms with E-state index in [0.717, 1.165) is 25.5 Å². The molecule has 0 aliphatic heterocycles. The van der Waals surface area contributed by atoms with Gasteiger partial charge in [-0.1, -0.05) is 34.1 Å². The molecule has 2 atom stereocenters. The first-order valence-corrected chi connectivity index (χ1v) is 6.50. The maximum absolute atomic E-state index is 5.84. The van der Waals surface area contributed by atoms with Crippen molar-refractivity contribution in [1.82, 2.24) is 5.32 Å². The van der Waals surface area contributed by atoms with Crippen molar-refractivity contribution in [3.8, 4) is 0 Å². The zero-order valence-corrected chi connectivity index (χ0v) is 11.2. The summed E-state index contributed by atoms with van der Waals surface area (Å²) in [7, 11) is 0. The second-order valence-corrected chi connectivity index (χ2v) is 4.58. The summed E-state index contributed by atoms with van der Waals surface area (Å²) in [6, 6.07) is 0.523. The first-order valence-electron chi connectivity index (χ1n) is 6.50. The minimum absolute atomic E-state index is 0.391. The summed E-state index contributed by atoms with van der Waals surface area (Å²) in [5, 5.41) is 3.56. The molecule has 2 unspecified atom stereocenters. The van der Waals surface area contributed by atoms with Gasteiger partial charge in [-0.2, -0.15) is 0 Å². The molecule has 0 aromatic carbocycles. The molecule has 1 N–H and O–H groups in total. The molecule has 0 amide bonds. The van der Waals surface area contributed by atoms with Gasteiger partial charge < -0.3 is 10.1 Å². The quantitative estimate of drug-likeness (QED) is 0.637. The summed E-state index contributed by atoms with van der Waals surface area (Å²) in [4.78, 5) is 0. The van der Waals surface area contributed by atoms with Crippen LogP contribution in [0.5, 0.6) is 0 Å². The molecule has 0 aromatic heterocycles. The minimum Gasteiger partial charge on any atom is -0.377 e. The van der Waals surface area contributed by atoms with E-state index in [9.17, 15) is 0 Å². The molecule has 0 aliphatic rings. The molecule has 0 bridgehead atoms. The molecule has 92 valence electrons. The van der Waals surface area contributed by atoms with Crippen LogP contribution in [0.3, 0.4) is 0 Å². The Hall–Kier alpha value is -0.0800. The zero-order valence-electron chi connectivity index (χ0n) is 11.2. The van der Waals surface area contributed by atoms with Crippen LogP contribution in [0, 0.1) is 5.92 Å². The first-order chi connectivity index (χ1) is 7.15. The van der Waals surface area contributed by atoms with Gasteiger partial charge in [0.2, 0.25) is 0 Å². The van der Waals surface area contributed by atoms with Crippen LogP contribution in [0.25, 0.3) is 0 Å². The van der Waals surface area contributed by atoms with Crippen LogP contribution in [0.1, 0.15) is 53.9 Å². The maximum atomic E-state index is 5.84. The van der Waals surface area contributed by atoms with E-state index in [-0.39, 0.29) is 0 Å². The molecule has 0 aromatic rings. The molecule has 2 nitrogen and oxygen atoms in total. The van der Waals surface area contributed by atoms with E-state index in [2.05, 4.69) is 39.9 Å². The molecule has 0 fully saturated rings. The summed E-state index contributed by atoms with van der Waals surface area (Å²) in [6.07, 6.45) is 3.96. The maximum Gasteiger partial charge on any atom is 0.0727 e. The van der Waals surface area contributed by atoms with E-state index >= 15 is 0 Å². The summed E-state index contributed by atoms with van der Waals surface area (Å²) >= 11 is 0. The number of hydrogen-bond acceptors (Lipinski definition) is 2. The molecule has 0 heterocycles. The van der Waals surface area contributed by atoms with Crippen molar-refractivity contribution in [2.75, 3.05) is 13.2 Å². The number of rotatable bonds is 9. The van der Waals surface area contributed by atoms with Crippen molar-refractivity contribution in [2.45, 2.75) is 66.0 Å². The van der Waals surface area contributed by atoms with E-state index in [1.807, 2.05) is 0 Å². The van der Waals surface area contributed by atoms with Gasteiger partial charge in [-0.15, -0.1) is 0 Å². The Morgan fingerprint density at radius 1 is 1.13 bits per heavy atom. The van der Waals surface area contributed by atoms with Gasteiger partial charge in [-0.3, -0.25) is 0 Å². The topological polar surface area (TPSA) is 21.3 Å². The lowest BCUT2D eigenvalue weighted by atomic mass is 9.96. The van der Waals surface area contributed by atoms with Gasteiger partial charge in [-0.25, -0.2) is 0 Å². The average Bonchev–Trinajstić information content (AvgIpc) is 2.16. The standard InChI is InChI=1S/C13H29NO/c1-6-9-13(15-8-3)12(14-7-2)10-11(4)5/h11-14H,6-10H2,1-5H3. The van der Waals surface area contributed by atoms with E-state index in [1.54, 1.807) is 0 Å². The highest BCUT2D eigenvalue weighted by atomic mass is 16.5. The van der Waals surface area contributed by atoms with Crippen molar-refractivity contribution >= 4 is 0 Å². The highest BCUT2D eigenvalue weighted by Crippen LogP contribution is 2.15. The molecule has 0 spiro atoms. The Morgan fingerprint density at radius 2 is 1.80 bits per heavy atom. The van der Waals surface area contributed by atoms with E-state index < -0.39 is 0 Å². The van der Waals surface area contributed by atoms with E-state index in [1.165, 1.54) is 12.8 Å². The number of likely N-dealkylation sites (N-methyl/N-ethyl adjacent to an activating group) is 1. The van der Waals surface area contributed by atoms with E-state index in [0.29, 0.717) is 12.1 Å². The molecule has 15 heavy (non-hydrogen) atoms. The third kappa shape index (κ3) is 6.91. The Labute approximate surface area is 95.8 Å². The number of hydrogen-bond donors (Lipinski definition) is 1. The summed E-state index contributed by atoms with van der Waals surface area (Å²) in [5.74, 6) is 0.730. The van der Waals surface area contributed by atoms with Gasteiger partial charge in [0.05, 0.1) is 6.10 Å². The largest absolute Gasteiger partial charge is 0.377 e. The fourth-order valence-corrected chi connectivity index (χ4v) is 2.04. The van der Waals surface area contributed by atoms with Crippen LogP contribution in [0.4, 0.5) is 0 Å². The fourth-order valence-electron chi connectivity index (χ4n) is 2.04. The number of ether oxygens (including phenoxy) is 1. The molecule has 2 heteroatoms. The van der Waals surface area contributed by atoms with Gasteiger partial charge in [0, 0.05) is 12.6 Å². The molecule has 0 saturated heterocycles. The molecule has 0 saturated carbocycles. The predicted molar refractivity (Wildman–Crippen MR) is 67.2 cm³/mol. The Kier molecular flexibility index (Phi) is 9.12. The normalized spacial score (nSPS) is 15.6. The third-order valence-electron chi connectivity index (χ3n) is 2.59. The van der Waals surface area contributed by atoms with Gasteiger partial charge in [0.1, 0.15) is 0 Å². The molecule has 0 aliphatic carbocycles. The van der Waals surface area contributed by atoms with Crippen molar-refractivity contribution in [3.63, 3.8) is 0 Å². The van der Waals surface area contributed by atoms with Crippen LogP contribution in [-0.2, 0) is 4.74 Å². The smallest absolute Gasteiger partial charge is 0.0727 e. The molecular formula is C13H29NO. The lowest BCUT2D eigenvalue weighted by Crippen LogP contribution is -2.42. The highest BCUT2D eigenvalue weighted by Gasteiger charge is 2.20. The molecule has 0 rings (SSSR count). The SMILES string of the molecule is CCCC(OCC)C(CC(C)C)NCC. The molecule has 0 radical (unpaired) electrons. The van der Waals surface area contributed by atoms with Gasteiger partial charge >= 0.3 is 0 Å². The van der Waals surface area contributed by atoms with E-state index in [4.69, 9.17) is 4.74 Å². The van der Waals surface area contributed by atoms with Crippen LogP contribution >= 0.6 is 0 Å². The van der Waals surface area contributed by atoms with Crippen LogP contribution in [0.15, 0.2) is 0 Å². The first kappa shape index (κ1) is 14.9. The van der Waals surface area contributed by atoms with Gasteiger partial charge in [-0.05, 0) is 32.2 Å². The Bertz CT molecular complexity index is 130. The van der Waals surface area contributed by atoms with Gasteiger partial charge in [0.15, 0.2) is 0 Å². The van der Waals surface area contributed by atoms with Crippen LogP contribution in [0.2, 0.25) is 0 Å². The minimum atomic E-state index is 0.391. The Morgan fingerprint density at radius 3 is 2.20 bits per heavy atom. The van der Waals surface area contributed by atoms with Crippen molar-refractivity contribution in [3.05, 3.63) is 0 Å². The second kappa shape index (κ2) is 9.17. The average molecular weight is 215 g/mol. The second-order valence-electron chi connectivity index (χ2n) is 4.58. The summed E-state index contributed by atoms with van der Waals surface area (Å²) in [6.45, 7) is 12.9. The Balaban J connectivity index is 4.22.